The fraction of sp³-hybridized carbons (Fsp3) is 0.933. The number of amides is 1. The lowest BCUT2D eigenvalue weighted by atomic mass is 9.91. The van der Waals surface area contributed by atoms with Gasteiger partial charge in [-0.15, -0.1) is 0 Å². The van der Waals surface area contributed by atoms with Crippen molar-refractivity contribution in [1.82, 2.24) is 10.6 Å². The summed E-state index contributed by atoms with van der Waals surface area (Å²) in [5, 5.41) is 6.54. The van der Waals surface area contributed by atoms with Crippen LogP contribution in [0.5, 0.6) is 0 Å². The Bertz CT molecular complexity index is 335. The standard InChI is InChI=1S/C15H28N2O2/c1-11(9-14(2,3)19-4)17-13(18)12-10-15(12)5-7-16-8-6-15/h11-12,16H,5-10H2,1-4H3,(H,17,18). The third-order valence-corrected chi connectivity index (χ3v) is 4.84. The molecule has 2 rings (SSSR count). The minimum atomic E-state index is -0.178. The highest BCUT2D eigenvalue weighted by molar-refractivity contribution is 5.82. The van der Waals surface area contributed by atoms with E-state index in [2.05, 4.69) is 31.4 Å². The Hall–Kier alpha value is -0.610. The molecule has 4 nitrogen and oxygen atoms in total. The average molecular weight is 268 g/mol. The van der Waals surface area contributed by atoms with Crippen LogP contribution in [0.1, 0.15) is 46.5 Å². The van der Waals surface area contributed by atoms with Gasteiger partial charge in [-0.2, -0.15) is 0 Å². The highest BCUT2D eigenvalue weighted by Gasteiger charge is 2.57. The SMILES string of the molecule is COC(C)(C)CC(C)NC(=O)C1CC12CCNCC2. The van der Waals surface area contributed by atoms with Gasteiger partial charge in [0.1, 0.15) is 0 Å². The number of nitrogens with one attached hydrogen (secondary N) is 2. The van der Waals surface area contributed by atoms with Gasteiger partial charge in [-0.25, -0.2) is 0 Å². The predicted octanol–water partition coefficient (Wildman–Crippen LogP) is 1.70. The molecule has 0 aromatic rings. The molecule has 19 heavy (non-hydrogen) atoms. The second kappa shape index (κ2) is 5.41. The zero-order chi connectivity index (χ0) is 14.1. The molecule has 0 bridgehead atoms. The molecule has 2 unspecified atom stereocenters. The number of ether oxygens (including phenoxy) is 1. The maximum Gasteiger partial charge on any atom is 0.223 e. The monoisotopic (exact) mass is 268 g/mol. The first kappa shape index (κ1) is 14.8. The average Bonchev–Trinajstić information content (AvgIpc) is 3.03. The molecule has 1 amide bonds. The lowest BCUT2D eigenvalue weighted by Crippen LogP contribution is -2.41. The Labute approximate surface area is 116 Å². The number of hydrogen-bond donors (Lipinski definition) is 2. The van der Waals surface area contributed by atoms with Gasteiger partial charge in [0.2, 0.25) is 5.91 Å². The first-order valence-electron chi connectivity index (χ1n) is 7.45. The summed E-state index contributed by atoms with van der Waals surface area (Å²) < 4.78 is 5.42. The normalized spacial score (nSPS) is 27.1. The predicted molar refractivity (Wildman–Crippen MR) is 76.0 cm³/mol. The summed E-state index contributed by atoms with van der Waals surface area (Å²) in [7, 11) is 1.72. The van der Waals surface area contributed by atoms with Gasteiger partial charge in [0.15, 0.2) is 0 Å². The molecule has 2 atom stereocenters. The van der Waals surface area contributed by atoms with Crippen LogP contribution in [-0.4, -0.2) is 37.7 Å². The van der Waals surface area contributed by atoms with E-state index in [0.29, 0.717) is 5.41 Å². The van der Waals surface area contributed by atoms with Crippen LogP contribution in [0.25, 0.3) is 0 Å². The Morgan fingerprint density at radius 1 is 1.47 bits per heavy atom. The van der Waals surface area contributed by atoms with Gasteiger partial charge in [0, 0.05) is 19.1 Å². The molecule has 1 aliphatic heterocycles. The van der Waals surface area contributed by atoms with E-state index in [9.17, 15) is 4.79 Å². The number of rotatable bonds is 5. The van der Waals surface area contributed by atoms with Crippen molar-refractivity contribution in [3.63, 3.8) is 0 Å². The molecule has 1 aliphatic carbocycles. The van der Waals surface area contributed by atoms with E-state index in [1.807, 2.05) is 0 Å². The van der Waals surface area contributed by atoms with E-state index in [4.69, 9.17) is 4.74 Å². The van der Waals surface area contributed by atoms with Gasteiger partial charge < -0.3 is 15.4 Å². The highest BCUT2D eigenvalue weighted by Crippen LogP contribution is 2.58. The van der Waals surface area contributed by atoms with Crippen molar-refractivity contribution < 1.29 is 9.53 Å². The van der Waals surface area contributed by atoms with Crippen molar-refractivity contribution in [2.24, 2.45) is 11.3 Å². The number of carbonyl (C=O) groups excluding carboxylic acids is 1. The summed E-state index contributed by atoms with van der Waals surface area (Å²) in [4.78, 5) is 12.3. The minimum Gasteiger partial charge on any atom is -0.379 e. The van der Waals surface area contributed by atoms with Crippen LogP contribution < -0.4 is 10.6 Å². The van der Waals surface area contributed by atoms with Crippen LogP contribution in [0.2, 0.25) is 0 Å². The maximum atomic E-state index is 12.3. The molecule has 0 aromatic carbocycles. The van der Waals surface area contributed by atoms with E-state index in [-0.39, 0.29) is 23.5 Å². The smallest absolute Gasteiger partial charge is 0.223 e. The fourth-order valence-electron chi connectivity index (χ4n) is 3.41. The Kier molecular flexibility index (Phi) is 4.21. The first-order valence-corrected chi connectivity index (χ1v) is 7.45. The second-order valence-electron chi connectivity index (χ2n) is 6.95. The summed E-state index contributed by atoms with van der Waals surface area (Å²) in [6, 6.07) is 0.168. The van der Waals surface area contributed by atoms with Crippen molar-refractivity contribution in [1.29, 1.82) is 0 Å². The number of hydrogen-bond acceptors (Lipinski definition) is 3. The summed E-state index contributed by atoms with van der Waals surface area (Å²) >= 11 is 0. The van der Waals surface area contributed by atoms with Crippen molar-refractivity contribution in [2.75, 3.05) is 20.2 Å². The van der Waals surface area contributed by atoms with Crippen molar-refractivity contribution in [2.45, 2.75) is 58.1 Å². The Morgan fingerprint density at radius 2 is 2.11 bits per heavy atom. The maximum absolute atomic E-state index is 12.3. The van der Waals surface area contributed by atoms with Gasteiger partial charge in [-0.3, -0.25) is 4.79 Å². The summed E-state index contributed by atoms with van der Waals surface area (Å²) in [5.74, 6) is 0.504. The quantitative estimate of drug-likeness (QED) is 0.798. The molecule has 0 radical (unpaired) electrons. The van der Waals surface area contributed by atoms with E-state index in [1.54, 1.807) is 7.11 Å². The lowest BCUT2D eigenvalue weighted by Gasteiger charge is -2.28. The summed E-state index contributed by atoms with van der Waals surface area (Å²) in [5.41, 5.74) is 0.147. The molecule has 0 aromatic heterocycles. The van der Waals surface area contributed by atoms with Crippen molar-refractivity contribution >= 4 is 5.91 Å². The molecule has 4 heteroatoms. The summed E-state index contributed by atoms with van der Waals surface area (Å²) in [6.07, 6.45) is 4.24. The zero-order valence-corrected chi connectivity index (χ0v) is 12.7. The van der Waals surface area contributed by atoms with Gasteiger partial charge >= 0.3 is 0 Å². The van der Waals surface area contributed by atoms with Gasteiger partial charge in [-0.05, 0) is 65.0 Å². The molecule has 2 N–H and O–H groups in total. The molecular weight excluding hydrogens is 240 g/mol. The van der Waals surface area contributed by atoms with Gasteiger partial charge in [0.25, 0.3) is 0 Å². The fourth-order valence-corrected chi connectivity index (χ4v) is 3.41. The molecule has 110 valence electrons. The minimum absolute atomic E-state index is 0.168. The van der Waals surface area contributed by atoms with E-state index in [0.717, 1.165) is 38.8 Å². The molecule has 2 aliphatic rings. The first-order chi connectivity index (χ1) is 8.88. The van der Waals surface area contributed by atoms with Crippen LogP contribution in [0.4, 0.5) is 0 Å². The molecule has 1 saturated carbocycles. The number of carbonyl (C=O) groups is 1. The lowest BCUT2D eigenvalue weighted by molar-refractivity contribution is -0.124. The third kappa shape index (κ3) is 3.48. The zero-order valence-electron chi connectivity index (χ0n) is 12.7. The molecule has 1 saturated heterocycles. The molecule has 1 heterocycles. The van der Waals surface area contributed by atoms with Crippen molar-refractivity contribution in [3.05, 3.63) is 0 Å². The Morgan fingerprint density at radius 3 is 2.68 bits per heavy atom. The Balaban J connectivity index is 1.79. The van der Waals surface area contributed by atoms with Crippen LogP contribution in [-0.2, 0) is 9.53 Å². The van der Waals surface area contributed by atoms with E-state index in [1.165, 1.54) is 0 Å². The van der Waals surface area contributed by atoms with E-state index < -0.39 is 0 Å². The molecular formula is C15H28N2O2. The van der Waals surface area contributed by atoms with Gasteiger partial charge in [-0.1, -0.05) is 0 Å². The van der Waals surface area contributed by atoms with E-state index >= 15 is 0 Å². The topological polar surface area (TPSA) is 50.4 Å². The van der Waals surface area contributed by atoms with Gasteiger partial charge in [0.05, 0.1) is 5.60 Å². The number of piperidine rings is 1. The molecule has 2 fully saturated rings. The third-order valence-electron chi connectivity index (χ3n) is 4.84. The van der Waals surface area contributed by atoms with Crippen LogP contribution in [0.15, 0.2) is 0 Å². The molecule has 1 spiro atoms. The van der Waals surface area contributed by atoms with Crippen LogP contribution in [0, 0.1) is 11.3 Å². The largest absolute Gasteiger partial charge is 0.379 e. The highest BCUT2D eigenvalue weighted by atomic mass is 16.5. The van der Waals surface area contributed by atoms with Crippen LogP contribution in [0.3, 0.4) is 0 Å². The van der Waals surface area contributed by atoms with Crippen LogP contribution >= 0.6 is 0 Å². The second-order valence-corrected chi connectivity index (χ2v) is 6.95. The summed E-state index contributed by atoms with van der Waals surface area (Å²) in [6.45, 7) is 8.31. The number of methoxy groups -OCH3 is 1. The van der Waals surface area contributed by atoms with Crippen molar-refractivity contribution in [3.8, 4) is 0 Å².